The number of rotatable bonds is 2. The molecule has 1 N–H and O–H groups in total. The normalized spacial score (nSPS) is 13.7. The van der Waals surface area contributed by atoms with Gasteiger partial charge >= 0.3 is 0 Å². The molecule has 0 atom stereocenters. The molecule has 3 rings (SSSR count). The smallest absolute Gasteiger partial charge is 0.149 e. The first kappa shape index (κ1) is 12.1. The minimum Gasteiger partial charge on any atom is -0.392 e. The van der Waals surface area contributed by atoms with Gasteiger partial charge in [-0.3, -0.25) is 0 Å². The van der Waals surface area contributed by atoms with Gasteiger partial charge in [0.25, 0.3) is 0 Å². The van der Waals surface area contributed by atoms with Crippen molar-refractivity contribution in [1.82, 2.24) is 0 Å². The average Bonchev–Trinajstić information content (AvgIpc) is 2.80. The summed E-state index contributed by atoms with van der Waals surface area (Å²) in [6.45, 7) is 0.638. The number of nitrogens with zero attached hydrogens (tertiary/aromatic N) is 1. The van der Waals surface area contributed by atoms with Crippen molar-refractivity contribution in [1.29, 1.82) is 0 Å². The van der Waals surface area contributed by atoms with Gasteiger partial charge in [-0.15, -0.1) is 0 Å². The molecule has 4 heteroatoms. The molecule has 1 heterocycles. The van der Waals surface area contributed by atoms with Gasteiger partial charge in [0.2, 0.25) is 0 Å². The lowest BCUT2D eigenvalue weighted by Crippen LogP contribution is -2.18. The fraction of sp³-hybridized carbons (Fsp3) is 0.200. The number of hydrogen-bond donors (Lipinski definition) is 1. The molecule has 98 valence electrons. The summed E-state index contributed by atoms with van der Waals surface area (Å²) in [5.41, 5.74) is 2.41. The Morgan fingerprint density at radius 1 is 1.00 bits per heavy atom. The molecule has 0 aromatic heterocycles. The molecule has 2 nitrogen and oxygen atoms in total. The van der Waals surface area contributed by atoms with Gasteiger partial charge in [-0.1, -0.05) is 24.3 Å². The highest BCUT2D eigenvalue weighted by Crippen LogP contribution is 2.32. The molecule has 0 fully saturated rings. The number of fused-ring (bicyclic) bond motifs is 1. The maximum atomic E-state index is 14.0. The zero-order valence-electron chi connectivity index (χ0n) is 10.2. The van der Waals surface area contributed by atoms with Crippen molar-refractivity contribution >= 4 is 5.69 Å². The molecule has 0 radical (unpaired) electrons. The Labute approximate surface area is 109 Å². The Morgan fingerprint density at radius 3 is 2.00 bits per heavy atom. The third kappa shape index (κ3) is 2.08. The lowest BCUT2D eigenvalue weighted by molar-refractivity contribution is 0.280. The van der Waals surface area contributed by atoms with Gasteiger partial charge in [-0.05, 0) is 28.8 Å². The largest absolute Gasteiger partial charge is 0.392 e. The predicted octanol–water partition coefficient (Wildman–Crippen LogP) is 2.98. The Morgan fingerprint density at radius 2 is 1.53 bits per heavy atom. The molecule has 2 aromatic rings. The third-order valence-corrected chi connectivity index (χ3v) is 3.42. The van der Waals surface area contributed by atoms with Gasteiger partial charge in [0.05, 0.1) is 6.61 Å². The van der Waals surface area contributed by atoms with E-state index in [9.17, 15) is 8.78 Å². The predicted molar refractivity (Wildman–Crippen MR) is 68.6 cm³/mol. The van der Waals surface area contributed by atoms with Gasteiger partial charge in [0, 0.05) is 13.1 Å². The van der Waals surface area contributed by atoms with Crippen molar-refractivity contribution in [2.45, 2.75) is 19.7 Å². The van der Waals surface area contributed by atoms with Crippen molar-refractivity contribution in [3.63, 3.8) is 0 Å². The number of benzene rings is 2. The van der Waals surface area contributed by atoms with E-state index in [1.54, 1.807) is 4.90 Å². The van der Waals surface area contributed by atoms with E-state index in [1.165, 1.54) is 12.1 Å². The van der Waals surface area contributed by atoms with Gasteiger partial charge in [0.15, 0.2) is 0 Å². The lowest BCUT2D eigenvalue weighted by atomic mass is 10.1. The second kappa shape index (κ2) is 4.63. The fourth-order valence-electron chi connectivity index (χ4n) is 2.50. The van der Waals surface area contributed by atoms with Crippen LogP contribution >= 0.6 is 0 Å². The topological polar surface area (TPSA) is 23.5 Å². The Balaban J connectivity index is 1.97. The lowest BCUT2D eigenvalue weighted by Gasteiger charge is -2.19. The van der Waals surface area contributed by atoms with E-state index in [4.69, 9.17) is 5.11 Å². The zero-order valence-corrected chi connectivity index (χ0v) is 10.2. The quantitative estimate of drug-likeness (QED) is 0.898. The first-order valence-electron chi connectivity index (χ1n) is 6.09. The standard InChI is InChI=1S/C15H13F2NO/c16-13-5-10(9-19)6-14(17)15(13)18-7-11-3-1-2-4-12(11)8-18/h1-6,19H,7-9H2. The summed E-state index contributed by atoms with van der Waals surface area (Å²) < 4.78 is 28.0. The molecule has 0 aliphatic carbocycles. The molecule has 0 bridgehead atoms. The summed E-state index contributed by atoms with van der Waals surface area (Å²) in [7, 11) is 0. The van der Waals surface area contributed by atoms with Crippen molar-refractivity contribution in [2.24, 2.45) is 0 Å². The van der Waals surface area contributed by atoms with Crippen LogP contribution in [0.5, 0.6) is 0 Å². The summed E-state index contributed by atoms with van der Waals surface area (Å²) >= 11 is 0. The van der Waals surface area contributed by atoms with E-state index >= 15 is 0 Å². The number of aliphatic hydroxyl groups is 1. The molecule has 19 heavy (non-hydrogen) atoms. The molecular formula is C15H13F2NO. The SMILES string of the molecule is OCc1cc(F)c(N2Cc3ccccc3C2)c(F)c1. The highest BCUT2D eigenvalue weighted by atomic mass is 19.1. The van der Waals surface area contributed by atoms with E-state index in [2.05, 4.69) is 0 Å². The molecule has 1 aliphatic heterocycles. The molecule has 2 aromatic carbocycles. The van der Waals surface area contributed by atoms with E-state index in [1.807, 2.05) is 24.3 Å². The van der Waals surface area contributed by atoms with Crippen LogP contribution in [0.4, 0.5) is 14.5 Å². The molecule has 0 unspecified atom stereocenters. The van der Waals surface area contributed by atoms with Crippen LogP contribution in [-0.2, 0) is 19.7 Å². The second-order valence-corrected chi connectivity index (χ2v) is 4.69. The van der Waals surface area contributed by atoms with Crippen molar-refractivity contribution < 1.29 is 13.9 Å². The summed E-state index contributed by atoms with van der Waals surface area (Å²) in [5, 5.41) is 8.94. The van der Waals surface area contributed by atoms with Gasteiger partial charge in [-0.2, -0.15) is 0 Å². The van der Waals surface area contributed by atoms with Crippen LogP contribution in [0.1, 0.15) is 16.7 Å². The van der Waals surface area contributed by atoms with E-state index < -0.39 is 11.6 Å². The van der Waals surface area contributed by atoms with Crippen LogP contribution in [0.15, 0.2) is 36.4 Å². The number of halogens is 2. The summed E-state index contributed by atoms with van der Waals surface area (Å²) in [6.07, 6.45) is 0. The van der Waals surface area contributed by atoms with Crippen LogP contribution < -0.4 is 4.90 Å². The van der Waals surface area contributed by atoms with E-state index in [0.717, 1.165) is 11.1 Å². The van der Waals surface area contributed by atoms with Gasteiger partial charge < -0.3 is 10.0 Å². The summed E-state index contributed by atoms with van der Waals surface area (Å²) in [6, 6.07) is 10.1. The van der Waals surface area contributed by atoms with Crippen molar-refractivity contribution in [3.05, 3.63) is 64.7 Å². The minimum absolute atomic E-state index is 0.0200. The van der Waals surface area contributed by atoms with Crippen LogP contribution in [0.3, 0.4) is 0 Å². The number of hydrogen-bond acceptors (Lipinski definition) is 2. The molecule has 0 saturated carbocycles. The van der Waals surface area contributed by atoms with Crippen molar-refractivity contribution in [3.8, 4) is 0 Å². The molecule has 0 spiro atoms. The maximum Gasteiger partial charge on any atom is 0.149 e. The van der Waals surface area contributed by atoms with Crippen molar-refractivity contribution in [2.75, 3.05) is 4.90 Å². The maximum absolute atomic E-state index is 14.0. The highest BCUT2D eigenvalue weighted by molar-refractivity contribution is 5.54. The summed E-state index contributed by atoms with van der Waals surface area (Å²) in [4.78, 5) is 1.68. The highest BCUT2D eigenvalue weighted by Gasteiger charge is 2.24. The summed E-state index contributed by atoms with van der Waals surface area (Å²) in [5.74, 6) is -1.26. The van der Waals surface area contributed by atoms with E-state index in [-0.39, 0.29) is 17.9 Å². The zero-order chi connectivity index (χ0) is 13.4. The monoisotopic (exact) mass is 261 g/mol. The Bertz CT molecular complexity index is 579. The van der Waals surface area contributed by atoms with Crippen LogP contribution in [0, 0.1) is 11.6 Å². The average molecular weight is 261 g/mol. The minimum atomic E-state index is -0.628. The fourth-order valence-corrected chi connectivity index (χ4v) is 2.50. The number of anilines is 1. The Hall–Kier alpha value is -1.94. The Kier molecular flexibility index (Phi) is 2.95. The molecule has 0 saturated heterocycles. The first-order chi connectivity index (χ1) is 9.19. The van der Waals surface area contributed by atoms with E-state index in [0.29, 0.717) is 13.1 Å². The number of aliphatic hydroxyl groups excluding tert-OH is 1. The third-order valence-electron chi connectivity index (χ3n) is 3.42. The van der Waals surface area contributed by atoms with Gasteiger partial charge in [0.1, 0.15) is 17.3 Å². The second-order valence-electron chi connectivity index (χ2n) is 4.69. The molecule has 1 aliphatic rings. The van der Waals surface area contributed by atoms with Crippen LogP contribution in [0.25, 0.3) is 0 Å². The molecule has 0 amide bonds. The van der Waals surface area contributed by atoms with Gasteiger partial charge in [-0.25, -0.2) is 8.78 Å². The molecular weight excluding hydrogens is 248 g/mol. The van der Waals surface area contributed by atoms with Crippen LogP contribution in [0.2, 0.25) is 0 Å². The van der Waals surface area contributed by atoms with Crippen LogP contribution in [-0.4, -0.2) is 5.11 Å². The first-order valence-corrected chi connectivity index (χ1v) is 6.09.